The lowest BCUT2D eigenvalue weighted by molar-refractivity contribution is 0.211. The zero-order valence-electron chi connectivity index (χ0n) is 7.99. The Hall–Kier alpha value is -1.64. The Balaban J connectivity index is 2.69. The molecule has 0 fully saturated rings. The molecular formula is C10H12N2O2. The molecule has 0 saturated carbocycles. The van der Waals surface area contributed by atoms with Crippen molar-refractivity contribution >= 4 is 17.5 Å². The van der Waals surface area contributed by atoms with E-state index >= 15 is 0 Å². The maximum atomic E-state index is 10.1. The number of anilines is 1. The molecule has 0 aliphatic heterocycles. The Labute approximate surface area is 82.6 Å². The van der Waals surface area contributed by atoms with Crippen LogP contribution in [0.15, 0.2) is 29.3 Å². The predicted octanol–water partition coefficient (Wildman–Crippen LogP) is 1.71. The van der Waals surface area contributed by atoms with E-state index in [9.17, 15) is 4.79 Å². The van der Waals surface area contributed by atoms with Gasteiger partial charge in [-0.25, -0.2) is 4.79 Å². The van der Waals surface area contributed by atoms with E-state index in [1.807, 2.05) is 18.2 Å². The fourth-order valence-corrected chi connectivity index (χ4v) is 1.06. The van der Waals surface area contributed by atoms with Crippen LogP contribution < -0.4 is 5.32 Å². The van der Waals surface area contributed by atoms with Gasteiger partial charge in [0.2, 0.25) is 6.08 Å². The molecule has 0 heterocycles. The highest BCUT2D eigenvalue weighted by molar-refractivity contribution is 5.68. The summed E-state index contributed by atoms with van der Waals surface area (Å²) in [6.07, 6.45) is 1.52. The van der Waals surface area contributed by atoms with E-state index in [-0.39, 0.29) is 0 Å². The van der Waals surface area contributed by atoms with Crippen LogP contribution in [0.3, 0.4) is 0 Å². The van der Waals surface area contributed by atoms with Gasteiger partial charge >= 0.3 is 0 Å². The predicted molar refractivity (Wildman–Crippen MR) is 54.6 cm³/mol. The molecule has 0 saturated heterocycles. The second-order valence-electron chi connectivity index (χ2n) is 2.64. The van der Waals surface area contributed by atoms with Crippen molar-refractivity contribution in [1.29, 1.82) is 0 Å². The molecule has 4 nitrogen and oxygen atoms in total. The summed E-state index contributed by atoms with van der Waals surface area (Å²) in [5.41, 5.74) is 1.41. The number of carbonyl (C=O) groups excluding carboxylic acids is 1. The van der Waals surface area contributed by atoms with Crippen LogP contribution in [0, 0.1) is 0 Å². The van der Waals surface area contributed by atoms with Gasteiger partial charge < -0.3 is 10.1 Å². The summed E-state index contributed by atoms with van der Waals surface area (Å²) in [5, 5.41) is 3.10. The van der Waals surface area contributed by atoms with Crippen LogP contribution >= 0.6 is 0 Å². The molecular weight excluding hydrogens is 180 g/mol. The van der Waals surface area contributed by atoms with Gasteiger partial charge in [-0.2, -0.15) is 4.99 Å². The van der Waals surface area contributed by atoms with E-state index in [1.54, 1.807) is 13.2 Å². The van der Waals surface area contributed by atoms with Gasteiger partial charge in [0, 0.05) is 13.7 Å². The number of isocyanates is 1. The summed E-state index contributed by atoms with van der Waals surface area (Å²) in [6, 6.07) is 7.29. The molecule has 1 aromatic rings. The van der Waals surface area contributed by atoms with Crippen molar-refractivity contribution in [1.82, 2.24) is 0 Å². The van der Waals surface area contributed by atoms with Crippen molar-refractivity contribution in [3.8, 4) is 0 Å². The van der Waals surface area contributed by atoms with Gasteiger partial charge in [0.25, 0.3) is 0 Å². The SMILES string of the molecule is COCCNc1ccccc1N=C=O. The molecule has 1 N–H and O–H groups in total. The third-order valence-corrected chi connectivity index (χ3v) is 1.69. The molecule has 1 aromatic carbocycles. The number of para-hydroxylation sites is 2. The first-order valence-electron chi connectivity index (χ1n) is 4.28. The van der Waals surface area contributed by atoms with E-state index < -0.39 is 0 Å². The molecule has 0 atom stereocenters. The average Bonchev–Trinajstić information content (AvgIpc) is 2.21. The highest BCUT2D eigenvalue weighted by Gasteiger charge is 1.97. The molecule has 4 heteroatoms. The minimum absolute atomic E-state index is 0.596. The summed E-state index contributed by atoms with van der Waals surface area (Å²) >= 11 is 0. The quantitative estimate of drug-likeness (QED) is 0.439. The molecule has 0 aliphatic carbocycles. The highest BCUT2D eigenvalue weighted by Crippen LogP contribution is 2.22. The number of hydrogen-bond donors (Lipinski definition) is 1. The number of aliphatic imine (C=N–C) groups is 1. The largest absolute Gasteiger partial charge is 0.383 e. The summed E-state index contributed by atoms with van der Waals surface area (Å²) in [4.78, 5) is 13.7. The van der Waals surface area contributed by atoms with Crippen LogP contribution in [0.25, 0.3) is 0 Å². The Morgan fingerprint density at radius 2 is 2.29 bits per heavy atom. The fourth-order valence-electron chi connectivity index (χ4n) is 1.06. The summed E-state index contributed by atoms with van der Waals surface area (Å²) in [6.45, 7) is 1.29. The molecule has 74 valence electrons. The first-order chi connectivity index (χ1) is 6.88. The molecule has 0 aliphatic rings. The van der Waals surface area contributed by atoms with Crippen molar-refractivity contribution in [2.45, 2.75) is 0 Å². The minimum Gasteiger partial charge on any atom is -0.383 e. The highest BCUT2D eigenvalue weighted by atomic mass is 16.5. The number of hydrogen-bond acceptors (Lipinski definition) is 4. The number of benzene rings is 1. The molecule has 0 radical (unpaired) electrons. The van der Waals surface area contributed by atoms with Crippen molar-refractivity contribution < 1.29 is 9.53 Å². The summed E-state index contributed by atoms with van der Waals surface area (Å²) in [5.74, 6) is 0. The maximum absolute atomic E-state index is 10.1. The maximum Gasteiger partial charge on any atom is 0.240 e. The van der Waals surface area contributed by atoms with Gasteiger partial charge in [-0.05, 0) is 12.1 Å². The van der Waals surface area contributed by atoms with Crippen molar-refractivity contribution in [2.24, 2.45) is 4.99 Å². The number of ether oxygens (including phenoxy) is 1. The van der Waals surface area contributed by atoms with Crippen molar-refractivity contribution in [2.75, 3.05) is 25.6 Å². The zero-order valence-corrected chi connectivity index (χ0v) is 7.99. The standard InChI is InChI=1S/C10H12N2O2/c1-14-7-6-11-9-4-2-3-5-10(9)12-8-13/h2-5,11H,6-7H2,1H3. The Morgan fingerprint density at radius 3 is 3.00 bits per heavy atom. The Kier molecular flexibility index (Phi) is 4.41. The first-order valence-corrected chi connectivity index (χ1v) is 4.28. The van der Waals surface area contributed by atoms with E-state index in [0.717, 1.165) is 5.69 Å². The summed E-state index contributed by atoms with van der Waals surface area (Å²) < 4.78 is 4.89. The van der Waals surface area contributed by atoms with Gasteiger partial charge in [-0.15, -0.1) is 0 Å². The lowest BCUT2D eigenvalue weighted by Gasteiger charge is -2.06. The van der Waals surface area contributed by atoms with Gasteiger partial charge in [-0.3, -0.25) is 0 Å². The number of methoxy groups -OCH3 is 1. The topological polar surface area (TPSA) is 50.7 Å². The lowest BCUT2D eigenvalue weighted by atomic mass is 10.2. The van der Waals surface area contributed by atoms with Gasteiger partial charge in [0.15, 0.2) is 0 Å². The second kappa shape index (κ2) is 5.91. The van der Waals surface area contributed by atoms with E-state index in [4.69, 9.17) is 4.74 Å². The number of rotatable bonds is 5. The van der Waals surface area contributed by atoms with Crippen LogP contribution in [-0.2, 0) is 9.53 Å². The van der Waals surface area contributed by atoms with Gasteiger partial charge in [0.1, 0.15) is 0 Å². The molecule has 0 spiro atoms. The second-order valence-corrected chi connectivity index (χ2v) is 2.64. The molecule has 1 rings (SSSR count). The van der Waals surface area contributed by atoms with Crippen LogP contribution in [0.4, 0.5) is 11.4 Å². The third kappa shape index (κ3) is 3.01. The summed E-state index contributed by atoms with van der Waals surface area (Å²) in [7, 11) is 1.64. The Bertz CT molecular complexity index is 333. The van der Waals surface area contributed by atoms with Crippen LogP contribution in [0.1, 0.15) is 0 Å². The van der Waals surface area contributed by atoms with Crippen molar-refractivity contribution in [3.63, 3.8) is 0 Å². The number of nitrogens with one attached hydrogen (secondary N) is 1. The molecule has 0 amide bonds. The number of nitrogens with zero attached hydrogens (tertiary/aromatic N) is 1. The first kappa shape index (κ1) is 10.4. The molecule has 0 aromatic heterocycles. The molecule has 14 heavy (non-hydrogen) atoms. The van der Waals surface area contributed by atoms with Crippen LogP contribution in [-0.4, -0.2) is 26.3 Å². The minimum atomic E-state index is 0.596. The van der Waals surface area contributed by atoms with Crippen LogP contribution in [0.2, 0.25) is 0 Å². The van der Waals surface area contributed by atoms with E-state index in [1.165, 1.54) is 6.08 Å². The zero-order chi connectivity index (χ0) is 10.2. The van der Waals surface area contributed by atoms with Gasteiger partial charge in [-0.1, -0.05) is 12.1 Å². The molecule has 0 unspecified atom stereocenters. The average molecular weight is 192 g/mol. The lowest BCUT2D eigenvalue weighted by Crippen LogP contribution is -2.07. The normalized spacial score (nSPS) is 9.21. The van der Waals surface area contributed by atoms with Crippen molar-refractivity contribution in [3.05, 3.63) is 24.3 Å². The van der Waals surface area contributed by atoms with Gasteiger partial charge in [0.05, 0.1) is 18.0 Å². The smallest absolute Gasteiger partial charge is 0.240 e. The third-order valence-electron chi connectivity index (χ3n) is 1.69. The van der Waals surface area contributed by atoms with E-state index in [0.29, 0.717) is 18.8 Å². The fraction of sp³-hybridized carbons (Fsp3) is 0.300. The van der Waals surface area contributed by atoms with Crippen LogP contribution in [0.5, 0.6) is 0 Å². The molecule has 0 bridgehead atoms. The monoisotopic (exact) mass is 192 g/mol. The Morgan fingerprint density at radius 1 is 1.50 bits per heavy atom. The van der Waals surface area contributed by atoms with E-state index in [2.05, 4.69) is 10.3 Å².